The zero-order valence-corrected chi connectivity index (χ0v) is 16.5. The first-order valence-corrected chi connectivity index (χ1v) is 9.55. The molecule has 1 fully saturated rings. The third-order valence-electron chi connectivity index (χ3n) is 4.86. The van der Waals surface area contributed by atoms with Crippen LogP contribution in [0.25, 0.3) is 6.08 Å². The summed E-state index contributed by atoms with van der Waals surface area (Å²) in [5.41, 5.74) is 1.15. The van der Waals surface area contributed by atoms with Gasteiger partial charge >= 0.3 is 0 Å². The molecule has 1 aromatic rings. The summed E-state index contributed by atoms with van der Waals surface area (Å²) in [6, 6.07) is 10.3. The Labute approximate surface area is 153 Å². The summed E-state index contributed by atoms with van der Waals surface area (Å²) in [6.45, 7) is 12.0. The van der Waals surface area contributed by atoms with Crippen LogP contribution in [-0.2, 0) is 4.79 Å². The van der Waals surface area contributed by atoms with Crippen LogP contribution >= 0.6 is 0 Å². The fourth-order valence-corrected chi connectivity index (χ4v) is 4.12. The molecule has 0 aliphatic carbocycles. The number of hydrogen-bond donors (Lipinski definition) is 1. The topological polar surface area (TPSA) is 32.3 Å². The smallest absolute Gasteiger partial charge is 0.246 e. The normalized spacial score (nSPS) is 19.9. The average Bonchev–Trinajstić information content (AvgIpc) is 2.51. The minimum Gasteiger partial charge on any atom is -0.336 e. The van der Waals surface area contributed by atoms with E-state index in [1.165, 1.54) is 0 Å². The molecule has 0 bridgehead atoms. The maximum absolute atomic E-state index is 13.0. The van der Waals surface area contributed by atoms with Gasteiger partial charge in [0.1, 0.15) is 0 Å². The van der Waals surface area contributed by atoms with Crippen molar-refractivity contribution >= 4 is 12.0 Å². The molecule has 1 N–H and O–H groups in total. The first-order valence-electron chi connectivity index (χ1n) is 9.55. The Morgan fingerprint density at radius 2 is 1.76 bits per heavy atom. The molecule has 0 aromatic heterocycles. The Balaban J connectivity index is 2.17. The van der Waals surface area contributed by atoms with Crippen molar-refractivity contribution in [1.82, 2.24) is 10.2 Å². The van der Waals surface area contributed by atoms with Crippen molar-refractivity contribution in [2.24, 2.45) is 0 Å². The van der Waals surface area contributed by atoms with Gasteiger partial charge in [-0.15, -0.1) is 0 Å². The van der Waals surface area contributed by atoms with Gasteiger partial charge in [0.15, 0.2) is 0 Å². The number of hydrogen-bond acceptors (Lipinski definition) is 2. The predicted molar refractivity (Wildman–Crippen MR) is 106 cm³/mol. The molecule has 1 aromatic carbocycles. The van der Waals surface area contributed by atoms with Crippen molar-refractivity contribution in [3.8, 4) is 0 Å². The van der Waals surface area contributed by atoms with E-state index in [-0.39, 0.29) is 23.0 Å². The highest BCUT2D eigenvalue weighted by Gasteiger charge is 2.40. The molecule has 25 heavy (non-hydrogen) atoms. The standard InChI is InChI=1S/C22H34N2O/c1-6-7-15-24(19-16-21(2,3)23-22(4,5)17-19)20(25)14-13-18-11-9-8-10-12-18/h8-14,19,23H,6-7,15-17H2,1-5H3/b14-13+. The second-order valence-electron chi connectivity index (χ2n) is 8.58. The summed E-state index contributed by atoms with van der Waals surface area (Å²) < 4.78 is 0. The van der Waals surface area contributed by atoms with Crippen molar-refractivity contribution in [3.05, 3.63) is 42.0 Å². The van der Waals surface area contributed by atoms with Gasteiger partial charge in [-0.1, -0.05) is 43.7 Å². The number of benzene rings is 1. The van der Waals surface area contributed by atoms with E-state index in [9.17, 15) is 4.79 Å². The number of piperidine rings is 1. The monoisotopic (exact) mass is 342 g/mol. The lowest BCUT2D eigenvalue weighted by molar-refractivity contribution is -0.130. The molecule has 1 heterocycles. The van der Waals surface area contributed by atoms with Crippen LogP contribution in [0, 0.1) is 0 Å². The largest absolute Gasteiger partial charge is 0.336 e. The summed E-state index contributed by atoms with van der Waals surface area (Å²) in [5, 5.41) is 3.71. The van der Waals surface area contributed by atoms with Crippen molar-refractivity contribution in [3.63, 3.8) is 0 Å². The van der Waals surface area contributed by atoms with Gasteiger partial charge in [0.2, 0.25) is 5.91 Å². The Morgan fingerprint density at radius 3 is 2.32 bits per heavy atom. The Hall–Kier alpha value is -1.61. The van der Waals surface area contributed by atoms with E-state index < -0.39 is 0 Å². The van der Waals surface area contributed by atoms with E-state index >= 15 is 0 Å². The van der Waals surface area contributed by atoms with Crippen LogP contribution in [-0.4, -0.2) is 34.5 Å². The van der Waals surface area contributed by atoms with Crippen molar-refractivity contribution in [2.75, 3.05) is 6.54 Å². The van der Waals surface area contributed by atoms with Crippen LogP contribution in [0.5, 0.6) is 0 Å². The van der Waals surface area contributed by atoms with Gasteiger partial charge in [0, 0.05) is 29.7 Å². The molecule has 1 amide bonds. The number of carbonyl (C=O) groups is 1. The van der Waals surface area contributed by atoms with E-state index in [2.05, 4.69) is 44.8 Å². The molecule has 1 saturated heterocycles. The van der Waals surface area contributed by atoms with E-state index in [1.54, 1.807) is 6.08 Å². The first kappa shape index (κ1) is 19.7. The lowest BCUT2D eigenvalue weighted by atomic mass is 9.79. The minimum atomic E-state index is 0.0420. The fourth-order valence-electron chi connectivity index (χ4n) is 4.12. The lowest BCUT2D eigenvalue weighted by Gasteiger charge is -2.49. The third kappa shape index (κ3) is 6.00. The van der Waals surface area contributed by atoms with E-state index in [4.69, 9.17) is 0 Å². The molecule has 3 nitrogen and oxygen atoms in total. The SMILES string of the molecule is CCCCN(C(=O)/C=C/c1ccccc1)C1CC(C)(C)NC(C)(C)C1. The predicted octanol–water partition coefficient (Wildman–Crippen LogP) is 4.64. The van der Waals surface area contributed by atoms with E-state index in [1.807, 2.05) is 36.4 Å². The minimum absolute atomic E-state index is 0.0420. The van der Waals surface area contributed by atoms with Crippen LogP contribution in [0.15, 0.2) is 36.4 Å². The van der Waals surface area contributed by atoms with Gasteiger partial charge in [-0.05, 0) is 58.6 Å². The summed E-state index contributed by atoms with van der Waals surface area (Å²) in [6.07, 6.45) is 7.81. The highest BCUT2D eigenvalue weighted by Crippen LogP contribution is 2.32. The zero-order valence-electron chi connectivity index (χ0n) is 16.5. The highest BCUT2D eigenvalue weighted by molar-refractivity contribution is 5.92. The average molecular weight is 343 g/mol. The molecule has 0 atom stereocenters. The number of nitrogens with zero attached hydrogens (tertiary/aromatic N) is 1. The molecule has 3 heteroatoms. The van der Waals surface area contributed by atoms with E-state index in [0.29, 0.717) is 0 Å². The van der Waals surface area contributed by atoms with Gasteiger partial charge < -0.3 is 10.2 Å². The van der Waals surface area contributed by atoms with Crippen LogP contribution in [0.1, 0.15) is 65.9 Å². The van der Waals surface area contributed by atoms with Crippen LogP contribution in [0.4, 0.5) is 0 Å². The number of nitrogens with one attached hydrogen (secondary N) is 1. The summed E-state index contributed by atoms with van der Waals surface area (Å²) in [4.78, 5) is 15.1. The number of amides is 1. The number of rotatable bonds is 6. The zero-order chi connectivity index (χ0) is 18.5. The maximum atomic E-state index is 13.0. The molecule has 0 radical (unpaired) electrons. The lowest BCUT2D eigenvalue weighted by Crippen LogP contribution is -2.62. The Morgan fingerprint density at radius 1 is 1.16 bits per heavy atom. The summed E-state index contributed by atoms with van der Waals surface area (Å²) in [5.74, 6) is 0.135. The van der Waals surface area contributed by atoms with Crippen molar-refractivity contribution in [2.45, 2.75) is 77.4 Å². The maximum Gasteiger partial charge on any atom is 0.246 e. The quantitative estimate of drug-likeness (QED) is 0.764. The second kappa shape index (κ2) is 8.18. The van der Waals surface area contributed by atoms with Gasteiger partial charge in [-0.3, -0.25) is 4.79 Å². The molecule has 2 rings (SSSR count). The number of unbranched alkanes of at least 4 members (excludes halogenated alkanes) is 1. The van der Waals surface area contributed by atoms with Crippen molar-refractivity contribution in [1.29, 1.82) is 0 Å². The second-order valence-corrected chi connectivity index (χ2v) is 8.58. The van der Waals surface area contributed by atoms with Crippen molar-refractivity contribution < 1.29 is 4.79 Å². The van der Waals surface area contributed by atoms with Gasteiger partial charge in [-0.2, -0.15) is 0 Å². The molecular weight excluding hydrogens is 308 g/mol. The highest BCUT2D eigenvalue weighted by atomic mass is 16.2. The summed E-state index contributed by atoms with van der Waals surface area (Å²) >= 11 is 0. The molecule has 0 unspecified atom stereocenters. The van der Waals surface area contributed by atoms with Crippen LogP contribution in [0.2, 0.25) is 0 Å². The molecule has 1 aliphatic rings. The van der Waals surface area contributed by atoms with Crippen LogP contribution < -0.4 is 5.32 Å². The third-order valence-corrected chi connectivity index (χ3v) is 4.86. The van der Waals surface area contributed by atoms with Crippen LogP contribution in [0.3, 0.4) is 0 Å². The van der Waals surface area contributed by atoms with Gasteiger partial charge in [0.05, 0.1) is 0 Å². The molecule has 138 valence electrons. The first-order chi connectivity index (χ1) is 11.7. The molecule has 0 saturated carbocycles. The van der Waals surface area contributed by atoms with Gasteiger partial charge in [-0.25, -0.2) is 0 Å². The molecule has 0 spiro atoms. The molecule has 1 aliphatic heterocycles. The molecular formula is C22H34N2O. The van der Waals surface area contributed by atoms with Gasteiger partial charge in [0.25, 0.3) is 0 Å². The van der Waals surface area contributed by atoms with E-state index in [0.717, 1.165) is 37.8 Å². The Kier molecular flexibility index (Phi) is 6.45. The number of carbonyl (C=O) groups excluding carboxylic acids is 1. The summed E-state index contributed by atoms with van der Waals surface area (Å²) in [7, 11) is 0. The Bertz CT molecular complexity index is 573. The fraction of sp³-hybridized carbons (Fsp3) is 0.591.